The number of allylic oxidation sites excluding steroid dienone is 8. The van der Waals surface area contributed by atoms with Crippen molar-refractivity contribution in [1.29, 1.82) is 0 Å². The van der Waals surface area contributed by atoms with Crippen molar-refractivity contribution in [2.45, 2.75) is 58.7 Å². The first-order valence-electron chi connectivity index (χ1n) is 9.15. The number of benzene rings is 1. The summed E-state index contributed by atoms with van der Waals surface area (Å²) in [6.07, 6.45) is 4.87. The molecule has 0 saturated carbocycles. The Morgan fingerprint density at radius 3 is 1.54 bits per heavy atom. The fourth-order valence-corrected chi connectivity index (χ4v) is 9.92. The second kappa shape index (κ2) is 6.72. The fourth-order valence-electron chi connectivity index (χ4n) is 4.90. The number of hydrogen-bond donors (Lipinski definition) is 0. The van der Waals surface area contributed by atoms with Gasteiger partial charge in [-0.15, -0.1) is 0 Å². The van der Waals surface area contributed by atoms with E-state index in [4.69, 9.17) is 0 Å². The van der Waals surface area contributed by atoms with Crippen molar-refractivity contribution in [3.8, 4) is 0 Å². The van der Waals surface area contributed by atoms with E-state index in [1.165, 1.54) is 22.8 Å². The van der Waals surface area contributed by atoms with E-state index >= 15 is 0 Å². The van der Waals surface area contributed by atoms with E-state index in [2.05, 4.69) is 84.0 Å². The second-order valence-electron chi connectivity index (χ2n) is 7.82. The van der Waals surface area contributed by atoms with Gasteiger partial charge in [-0.1, -0.05) is 81.5 Å². The van der Waals surface area contributed by atoms with E-state index in [0.717, 1.165) is 0 Å². The Bertz CT molecular complexity index is 712. The highest BCUT2D eigenvalue weighted by Gasteiger charge is 2.38. The van der Waals surface area contributed by atoms with E-state index in [0.29, 0.717) is 11.1 Å². The van der Waals surface area contributed by atoms with Gasteiger partial charge in [0.1, 0.15) is 0 Å². The Hall–Kier alpha value is -1.60. The van der Waals surface area contributed by atoms with Gasteiger partial charge in [0, 0.05) is 0 Å². The zero-order valence-corrected chi connectivity index (χ0v) is 17.1. The van der Waals surface area contributed by atoms with Crippen LogP contribution in [0.15, 0.2) is 75.9 Å². The van der Waals surface area contributed by atoms with Crippen molar-refractivity contribution in [3.63, 3.8) is 0 Å². The molecule has 24 heavy (non-hydrogen) atoms. The lowest BCUT2D eigenvalue weighted by Gasteiger charge is -2.33. The van der Waals surface area contributed by atoms with Crippen LogP contribution in [0.1, 0.15) is 47.1 Å². The summed E-state index contributed by atoms with van der Waals surface area (Å²) in [6, 6.07) is 12.4. The molecule has 2 unspecified atom stereocenters. The van der Waals surface area contributed by atoms with Crippen LogP contribution in [-0.4, -0.2) is 8.80 Å². The van der Waals surface area contributed by atoms with Crippen LogP contribution in [0, 0.1) is 0 Å². The third-order valence-corrected chi connectivity index (χ3v) is 10.9. The van der Waals surface area contributed by atoms with Gasteiger partial charge >= 0.3 is 0 Å². The molecule has 0 saturated heterocycles. The van der Waals surface area contributed by atoms with Crippen molar-refractivity contribution in [1.82, 2.24) is 0 Å². The van der Waals surface area contributed by atoms with E-state index < -0.39 is 8.80 Å². The van der Waals surface area contributed by atoms with Gasteiger partial charge < -0.3 is 0 Å². The zero-order valence-electron chi connectivity index (χ0n) is 16.0. The average Bonchev–Trinajstić information content (AvgIpc) is 2.94. The van der Waals surface area contributed by atoms with Crippen LogP contribution in [0.5, 0.6) is 0 Å². The quantitative estimate of drug-likeness (QED) is 0.564. The van der Waals surface area contributed by atoms with Gasteiger partial charge in [-0.2, -0.15) is 0 Å². The first-order chi connectivity index (χ1) is 11.4. The van der Waals surface area contributed by atoms with E-state index in [1.807, 2.05) is 0 Å². The lowest BCUT2D eigenvalue weighted by molar-refractivity contribution is 0.987. The molecule has 2 atom stereocenters. The largest absolute Gasteiger partial charge is 0.0689 e. The highest BCUT2D eigenvalue weighted by molar-refractivity contribution is 6.65. The Balaban J connectivity index is 2.03. The molecular weight excluding hydrogens is 304 g/mol. The third kappa shape index (κ3) is 3.02. The standard InChI is InChI=1S/C23H30Si/c1-15-12-17(3)22(19(15)5)24(14-21-10-8-7-9-11-21)23-18(4)13-16(2)20(23)6/h7-13,22-24H,14H2,1-6H3. The van der Waals surface area contributed by atoms with Gasteiger partial charge in [0.2, 0.25) is 0 Å². The van der Waals surface area contributed by atoms with E-state index in [9.17, 15) is 0 Å². The van der Waals surface area contributed by atoms with Crippen LogP contribution in [0.2, 0.25) is 11.1 Å². The van der Waals surface area contributed by atoms with Crippen molar-refractivity contribution in [2.24, 2.45) is 0 Å². The minimum absolute atomic E-state index is 0.708. The van der Waals surface area contributed by atoms with E-state index in [1.54, 1.807) is 22.3 Å². The van der Waals surface area contributed by atoms with Crippen molar-refractivity contribution in [2.75, 3.05) is 0 Å². The van der Waals surface area contributed by atoms with Crippen molar-refractivity contribution in [3.05, 3.63) is 81.5 Å². The Labute approximate surface area is 149 Å². The van der Waals surface area contributed by atoms with E-state index in [-0.39, 0.29) is 0 Å². The molecule has 0 aromatic heterocycles. The number of hydrogen-bond acceptors (Lipinski definition) is 0. The summed E-state index contributed by atoms with van der Waals surface area (Å²) in [7, 11) is -1.13. The molecule has 0 radical (unpaired) electrons. The molecular formula is C23H30Si. The molecule has 1 aromatic rings. The Morgan fingerprint density at radius 1 is 0.708 bits per heavy atom. The van der Waals surface area contributed by atoms with Crippen LogP contribution in [-0.2, 0) is 6.04 Å². The molecule has 0 bridgehead atoms. The third-order valence-electron chi connectivity index (χ3n) is 6.22. The molecule has 2 aliphatic rings. The van der Waals surface area contributed by atoms with Crippen LogP contribution >= 0.6 is 0 Å². The van der Waals surface area contributed by atoms with Crippen LogP contribution in [0.4, 0.5) is 0 Å². The van der Waals surface area contributed by atoms with Crippen LogP contribution in [0.3, 0.4) is 0 Å². The molecule has 0 heterocycles. The summed E-state index contributed by atoms with van der Waals surface area (Å²) in [6.45, 7) is 14.0. The van der Waals surface area contributed by atoms with Gasteiger partial charge in [0.05, 0.1) is 8.80 Å². The lowest BCUT2D eigenvalue weighted by atomic mass is 10.1. The fraction of sp³-hybridized carbons (Fsp3) is 0.391. The predicted molar refractivity (Wildman–Crippen MR) is 109 cm³/mol. The summed E-state index contributed by atoms with van der Waals surface area (Å²) in [5.41, 5.74) is 12.4. The maximum absolute atomic E-state index is 2.44. The van der Waals surface area contributed by atoms with Crippen LogP contribution < -0.4 is 0 Å². The zero-order chi connectivity index (χ0) is 17.4. The Morgan fingerprint density at radius 2 is 1.17 bits per heavy atom. The van der Waals surface area contributed by atoms with Crippen molar-refractivity contribution >= 4 is 8.80 Å². The monoisotopic (exact) mass is 334 g/mol. The molecule has 1 heteroatoms. The summed E-state index contributed by atoms with van der Waals surface area (Å²) in [5, 5.41) is 0. The smallest absolute Gasteiger partial charge is 0.0662 e. The first-order valence-corrected chi connectivity index (χ1v) is 11.3. The molecule has 0 fully saturated rings. The maximum atomic E-state index is 2.44. The number of rotatable bonds is 4. The summed E-state index contributed by atoms with van der Waals surface area (Å²) in [4.78, 5) is 0. The molecule has 2 aliphatic carbocycles. The molecule has 0 spiro atoms. The second-order valence-corrected chi connectivity index (χ2v) is 10.9. The summed E-state index contributed by atoms with van der Waals surface area (Å²) < 4.78 is 0. The molecule has 0 aliphatic heterocycles. The SMILES string of the molecule is CC1=CC(C)=C(C)C1[SiH](Cc1ccccc1)C1C(C)=CC(C)=C1C. The van der Waals surface area contributed by atoms with Gasteiger partial charge in [0.25, 0.3) is 0 Å². The normalized spacial score (nSPS) is 25.2. The predicted octanol–water partition coefficient (Wildman–Crippen LogP) is 6.33. The average molecular weight is 335 g/mol. The molecule has 1 aromatic carbocycles. The molecule has 0 amide bonds. The summed E-state index contributed by atoms with van der Waals surface area (Å²) in [5.74, 6) is 0. The highest BCUT2D eigenvalue weighted by atomic mass is 28.3. The van der Waals surface area contributed by atoms with Crippen molar-refractivity contribution < 1.29 is 0 Å². The van der Waals surface area contributed by atoms with Gasteiger partial charge in [-0.3, -0.25) is 0 Å². The maximum Gasteiger partial charge on any atom is 0.0662 e. The minimum atomic E-state index is -1.13. The van der Waals surface area contributed by atoms with Gasteiger partial charge in [-0.25, -0.2) is 0 Å². The lowest BCUT2D eigenvalue weighted by Crippen LogP contribution is -2.31. The van der Waals surface area contributed by atoms with Gasteiger partial charge in [0.15, 0.2) is 0 Å². The molecule has 0 N–H and O–H groups in total. The topological polar surface area (TPSA) is 0 Å². The minimum Gasteiger partial charge on any atom is -0.0689 e. The Kier molecular flexibility index (Phi) is 4.82. The highest BCUT2D eigenvalue weighted by Crippen LogP contribution is 2.49. The molecule has 126 valence electrons. The summed E-state index contributed by atoms with van der Waals surface area (Å²) >= 11 is 0. The molecule has 3 rings (SSSR count). The van der Waals surface area contributed by atoms with Gasteiger partial charge in [-0.05, 0) is 58.7 Å². The first kappa shape index (κ1) is 17.2. The molecule has 0 nitrogen and oxygen atoms in total. The van der Waals surface area contributed by atoms with Crippen LogP contribution in [0.25, 0.3) is 0 Å².